The molecule has 96 valence electrons. The van der Waals surface area contributed by atoms with E-state index in [1.807, 2.05) is 19.0 Å². The van der Waals surface area contributed by atoms with Crippen LogP contribution in [-0.2, 0) is 6.18 Å². The largest absolute Gasteiger partial charge is 0.416 e. The van der Waals surface area contributed by atoms with E-state index >= 15 is 0 Å². The van der Waals surface area contributed by atoms with Crippen molar-refractivity contribution in [1.29, 1.82) is 0 Å². The van der Waals surface area contributed by atoms with E-state index in [1.54, 1.807) is 0 Å². The number of alkyl halides is 3. The molecule has 0 spiro atoms. The third-order valence-corrected chi connectivity index (χ3v) is 2.97. The average Bonchev–Trinajstić information content (AvgIpc) is 2.14. The summed E-state index contributed by atoms with van der Waals surface area (Å²) in [7, 11) is 3.79. The second kappa shape index (κ2) is 5.93. The van der Waals surface area contributed by atoms with Gasteiger partial charge in [0.1, 0.15) is 5.15 Å². The summed E-state index contributed by atoms with van der Waals surface area (Å²) in [5.74, 6) is 0.664. The number of nitrogens with zero attached hydrogens (tertiary/aromatic N) is 2. The van der Waals surface area contributed by atoms with Crippen LogP contribution in [-0.4, -0.2) is 36.3 Å². The van der Waals surface area contributed by atoms with E-state index in [0.29, 0.717) is 10.8 Å². The van der Waals surface area contributed by atoms with Crippen molar-refractivity contribution in [3.63, 3.8) is 0 Å². The summed E-state index contributed by atoms with van der Waals surface area (Å²) in [4.78, 5) is 5.80. The zero-order valence-corrected chi connectivity index (χ0v) is 11.0. The Hall–Kier alpha value is -0.460. The number of hydrogen-bond donors (Lipinski definition) is 0. The Kier molecular flexibility index (Phi) is 5.09. The molecule has 0 N–H and O–H groups in total. The predicted molar refractivity (Wildman–Crippen MR) is 63.5 cm³/mol. The molecule has 17 heavy (non-hydrogen) atoms. The van der Waals surface area contributed by atoms with E-state index in [0.717, 1.165) is 18.7 Å². The van der Waals surface area contributed by atoms with Crippen LogP contribution in [0.5, 0.6) is 0 Å². The first-order chi connectivity index (χ1) is 7.79. The summed E-state index contributed by atoms with van der Waals surface area (Å²) in [6, 6.07) is 1.85. The molecule has 0 amide bonds. The van der Waals surface area contributed by atoms with Crippen molar-refractivity contribution < 1.29 is 13.2 Å². The Morgan fingerprint density at radius 1 is 1.35 bits per heavy atom. The lowest BCUT2D eigenvalue weighted by atomic mass is 10.3. The summed E-state index contributed by atoms with van der Waals surface area (Å²) in [6.07, 6.45) is -4.39. The molecule has 1 rings (SSSR count). The van der Waals surface area contributed by atoms with Gasteiger partial charge in [-0.05, 0) is 26.2 Å². The Balaban J connectivity index is 2.76. The van der Waals surface area contributed by atoms with Crippen LogP contribution in [0.2, 0.25) is 5.15 Å². The van der Waals surface area contributed by atoms with E-state index in [1.165, 1.54) is 11.8 Å². The van der Waals surface area contributed by atoms with Gasteiger partial charge in [-0.3, -0.25) is 0 Å². The highest BCUT2D eigenvalue weighted by atomic mass is 35.5. The van der Waals surface area contributed by atoms with Gasteiger partial charge in [0.15, 0.2) is 0 Å². The molecule has 0 aliphatic rings. The SMILES string of the molecule is CN(C)CCSc1cc(C(F)(F)F)cc(Cl)n1. The maximum Gasteiger partial charge on any atom is 0.416 e. The lowest BCUT2D eigenvalue weighted by Gasteiger charge is -2.10. The molecule has 0 aliphatic carbocycles. The molecule has 2 nitrogen and oxygen atoms in total. The molecule has 0 atom stereocenters. The Bertz CT molecular complexity index is 382. The molecular formula is C10H12ClF3N2S. The summed E-state index contributed by atoms with van der Waals surface area (Å²) >= 11 is 6.82. The van der Waals surface area contributed by atoms with Crippen LogP contribution in [0.1, 0.15) is 5.56 Å². The second-order valence-electron chi connectivity index (χ2n) is 3.67. The summed E-state index contributed by atoms with van der Waals surface area (Å²) in [6.45, 7) is 0.764. The Labute approximate surface area is 107 Å². The average molecular weight is 285 g/mol. The monoisotopic (exact) mass is 284 g/mol. The predicted octanol–water partition coefficient (Wildman–Crippen LogP) is 3.41. The van der Waals surface area contributed by atoms with Gasteiger partial charge in [-0.2, -0.15) is 13.2 Å². The van der Waals surface area contributed by atoms with Gasteiger partial charge in [0.25, 0.3) is 0 Å². The molecule has 0 radical (unpaired) electrons. The molecule has 7 heteroatoms. The number of hydrogen-bond acceptors (Lipinski definition) is 3. The van der Waals surface area contributed by atoms with Crippen LogP contribution in [0.4, 0.5) is 13.2 Å². The molecule has 0 unspecified atom stereocenters. The standard InChI is InChI=1S/C10H12ClF3N2S/c1-16(2)3-4-17-9-6-7(10(12,13)14)5-8(11)15-9/h5-6H,3-4H2,1-2H3. The van der Waals surface area contributed by atoms with Crippen molar-refractivity contribution in [2.45, 2.75) is 11.2 Å². The smallest absolute Gasteiger partial charge is 0.309 e. The quantitative estimate of drug-likeness (QED) is 0.623. The molecule has 1 aromatic heterocycles. The zero-order chi connectivity index (χ0) is 13.1. The van der Waals surface area contributed by atoms with Gasteiger partial charge in [0, 0.05) is 12.3 Å². The molecular weight excluding hydrogens is 273 g/mol. The number of rotatable bonds is 4. The van der Waals surface area contributed by atoms with Crippen molar-refractivity contribution in [3.8, 4) is 0 Å². The lowest BCUT2D eigenvalue weighted by Crippen LogP contribution is -2.14. The van der Waals surface area contributed by atoms with Crippen LogP contribution in [0.3, 0.4) is 0 Å². The number of halogens is 4. The molecule has 0 saturated carbocycles. The van der Waals surface area contributed by atoms with E-state index in [9.17, 15) is 13.2 Å². The first-order valence-electron chi connectivity index (χ1n) is 4.81. The van der Waals surface area contributed by atoms with Crippen molar-refractivity contribution >= 4 is 23.4 Å². The molecule has 0 bridgehead atoms. The fraction of sp³-hybridized carbons (Fsp3) is 0.500. The van der Waals surface area contributed by atoms with E-state index in [2.05, 4.69) is 4.98 Å². The molecule has 1 heterocycles. The third kappa shape index (κ3) is 5.14. The van der Waals surface area contributed by atoms with Crippen LogP contribution < -0.4 is 0 Å². The second-order valence-corrected chi connectivity index (χ2v) is 5.17. The van der Waals surface area contributed by atoms with Crippen LogP contribution >= 0.6 is 23.4 Å². The van der Waals surface area contributed by atoms with E-state index < -0.39 is 11.7 Å². The Morgan fingerprint density at radius 3 is 2.53 bits per heavy atom. The number of thioether (sulfide) groups is 1. The zero-order valence-electron chi connectivity index (χ0n) is 9.38. The maximum absolute atomic E-state index is 12.5. The lowest BCUT2D eigenvalue weighted by molar-refractivity contribution is -0.137. The fourth-order valence-corrected chi connectivity index (χ4v) is 2.34. The van der Waals surface area contributed by atoms with Crippen molar-refractivity contribution in [1.82, 2.24) is 9.88 Å². The van der Waals surface area contributed by atoms with Crippen molar-refractivity contribution in [2.75, 3.05) is 26.4 Å². The number of pyridine rings is 1. The van der Waals surface area contributed by atoms with Crippen LogP contribution in [0, 0.1) is 0 Å². The minimum atomic E-state index is -4.39. The maximum atomic E-state index is 12.5. The van der Waals surface area contributed by atoms with Gasteiger partial charge in [0.2, 0.25) is 0 Å². The van der Waals surface area contributed by atoms with Gasteiger partial charge in [-0.15, -0.1) is 11.8 Å². The number of aromatic nitrogens is 1. The van der Waals surface area contributed by atoms with Gasteiger partial charge < -0.3 is 4.90 Å². The van der Waals surface area contributed by atoms with Crippen molar-refractivity contribution in [3.05, 3.63) is 22.8 Å². The minimum absolute atomic E-state index is 0.132. The van der Waals surface area contributed by atoms with Crippen LogP contribution in [0.25, 0.3) is 0 Å². The van der Waals surface area contributed by atoms with E-state index in [-0.39, 0.29) is 5.15 Å². The van der Waals surface area contributed by atoms with Gasteiger partial charge in [-0.25, -0.2) is 4.98 Å². The van der Waals surface area contributed by atoms with Crippen LogP contribution in [0.15, 0.2) is 17.2 Å². The molecule has 0 aromatic carbocycles. The topological polar surface area (TPSA) is 16.1 Å². The van der Waals surface area contributed by atoms with Crippen molar-refractivity contribution in [2.24, 2.45) is 0 Å². The third-order valence-electron chi connectivity index (χ3n) is 1.89. The minimum Gasteiger partial charge on any atom is -0.309 e. The van der Waals surface area contributed by atoms with Gasteiger partial charge in [-0.1, -0.05) is 11.6 Å². The van der Waals surface area contributed by atoms with Gasteiger partial charge >= 0.3 is 6.18 Å². The molecule has 0 fully saturated rings. The molecule has 1 aromatic rings. The highest BCUT2D eigenvalue weighted by Gasteiger charge is 2.31. The molecule has 0 saturated heterocycles. The highest BCUT2D eigenvalue weighted by Crippen LogP contribution is 2.32. The summed E-state index contributed by atoms with van der Waals surface area (Å²) in [5, 5.41) is 0.166. The normalized spacial score (nSPS) is 12.2. The van der Waals surface area contributed by atoms with E-state index in [4.69, 9.17) is 11.6 Å². The first-order valence-corrected chi connectivity index (χ1v) is 6.17. The Morgan fingerprint density at radius 2 is 2.00 bits per heavy atom. The van der Waals surface area contributed by atoms with Gasteiger partial charge in [0.05, 0.1) is 10.6 Å². The fourth-order valence-electron chi connectivity index (χ4n) is 1.04. The first kappa shape index (κ1) is 14.6. The highest BCUT2D eigenvalue weighted by molar-refractivity contribution is 7.99. The summed E-state index contributed by atoms with van der Waals surface area (Å²) < 4.78 is 37.5. The molecule has 0 aliphatic heterocycles. The summed E-state index contributed by atoms with van der Waals surface area (Å²) in [5.41, 5.74) is -0.759.